The zero-order valence-electron chi connectivity index (χ0n) is 30.1. The van der Waals surface area contributed by atoms with Crippen LogP contribution in [-0.4, -0.2) is 128 Å². The second kappa shape index (κ2) is 20.3. The molecule has 316 valence electrons. The van der Waals surface area contributed by atoms with Crippen LogP contribution in [0.5, 0.6) is 0 Å². The molecule has 1 aliphatic heterocycles. The van der Waals surface area contributed by atoms with E-state index >= 15 is 0 Å². The average Bonchev–Trinajstić information content (AvgIpc) is 3.64. The highest BCUT2D eigenvalue weighted by Gasteiger charge is 2.50. The van der Waals surface area contributed by atoms with E-state index in [0.717, 1.165) is 29.0 Å². The Kier molecular flexibility index (Phi) is 17.2. The lowest BCUT2D eigenvalue weighted by atomic mass is 9.87. The number of ketones is 1. The number of Topliss-reactive ketones (excluding diaryl/α,β-unsaturated/α-hetero) is 1. The van der Waals surface area contributed by atoms with Crippen LogP contribution in [0.25, 0.3) is 11.2 Å². The minimum absolute atomic E-state index is 0.0245. The Labute approximate surface area is 322 Å². The van der Waals surface area contributed by atoms with Gasteiger partial charge in [-0.2, -0.15) is 4.31 Å². The molecule has 2 amide bonds. The van der Waals surface area contributed by atoms with Crippen LogP contribution < -0.4 is 16.4 Å². The second-order valence-corrected chi connectivity index (χ2v) is 18.1. The molecule has 25 nitrogen and oxygen atoms in total. The molecule has 1 aliphatic rings. The number of hydrogen-bond donors (Lipinski definition) is 9. The third-order valence-corrected chi connectivity index (χ3v) is 11.6. The number of amides is 2. The van der Waals surface area contributed by atoms with E-state index in [1.807, 2.05) is 6.92 Å². The summed E-state index contributed by atoms with van der Waals surface area (Å²) in [4.78, 5) is 98.8. The molecule has 0 bridgehead atoms. The predicted octanol–water partition coefficient (Wildman–Crippen LogP) is -0.576. The van der Waals surface area contributed by atoms with Gasteiger partial charge < -0.3 is 50.9 Å². The van der Waals surface area contributed by atoms with Gasteiger partial charge in [-0.05, 0) is 6.42 Å². The molecule has 3 unspecified atom stereocenters. The Hall–Kier alpha value is -2.77. The lowest BCUT2D eigenvalue weighted by molar-refractivity contribution is -0.137. The molecule has 1 saturated heterocycles. The number of aliphatic hydroxyl groups is 2. The van der Waals surface area contributed by atoms with Gasteiger partial charge in [0.05, 0.1) is 26.0 Å². The van der Waals surface area contributed by atoms with Gasteiger partial charge in [0.1, 0.15) is 42.0 Å². The van der Waals surface area contributed by atoms with Crippen molar-refractivity contribution in [3.63, 3.8) is 0 Å². The highest BCUT2D eigenvalue weighted by molar-refractivity contribution is 8.13. The van der Waals surface area contributed by atoms with Gasteiger partial charge in [-0.15, -0.1) is 0 Å². The minimum Gasteiger partial charge on any atom is -0.386 e. The predicted molar refractivity (Wildman–Crippen MR) is 192 cm³/mol. The first-order valence-corrected chi connectivity index (χ1v) is 22.0. The topological polar surface area (TPSA) is 381 Å². The number of ether oxygens (including phenoxy) is 1. The number of aromatic nitrogens is 4. The number of nitrogen functional groups attached to an aromatic ring is 1. The summed E-state index contributed by atoms with van der Waals surface area (Å²) >= 11 is 0.904. The van der Waals surface area contributed by atoms with Gasteiger partial charge in [0.15, 0.2) is 22.8 Å². The molecule has 3 heterocycles. The molecule has 3 rings (SSSR count). The highest BCUT2D eigenvalue weighted by Crippen LogP contribution is 2.61. The first kappa shape index (κ1) is 47.6. The lowest BCUT2D eigenvalue weighted by Gasteiger charge is -2.30. The number of nitrogens with one attached hydrogen (secondary N) is 2. The number of nitrogens with zero attached hydrogens (tertiary/aromatic N) is 4. The number of nitrogens with two attached hydrogens (primary N) is 1. The van der Waals surface area contributed by atoms with Crippen LogP contribution in [0.3, 0.4) is 0 Å². The van der Waals surface area contributed by atoms with Crippen LogP contribution in [0.2, 0.25) is 0 Å². The summed E-state index contributed by atoms with van der Waals surface area (Å²) in [5, 5.41) is 25.9. The van der Waals surface area contributed by atoms with Crippen LogP contribution in [0, 0.1) is 5.41 Å². The number of anilines is 1. The first-order valence-electron chi connectivity index (χ1n) is 16.5. The van der Waals surface area contributed by atoms with E-state index < -0.39 is 84.6 Å². The van der Waals surface area contributed by atoms with E-state index in [0.29, 0.717) is 12.8 Å². The summed E-state index contributed by atoms with van der Waals surface area (Å²) in [6, 6.07) is 0. The molecule has 56 heavy (non-hydrogen) atoms. The fraction of sp³-hybridized carbons (Fsp3) is 0.667. The van der Waals surface area contributed by atoms with Crippen molar-refractivity contribution in [3.05, 3.63) is 12.7 Å². The molecule has 7 atom stereocenters. The Morgan fingerprint density at radius 3 is 2.38 bits per heavy atom. The quantitative estimate of drug-likeness (QED) is 0.0383. The number of hydrogen-bond acceptors (Lipinski definition) is 19. The number of imidazole rings is 1. The summed E-state index contributed by atoms with van der Waals surface area (Å²) in [5.41, 5.74) is 4.23. The van der Waals surface area contributed by atoms with E-state index in [9.17, 15) is 62.7 Å². The third-order valence-electron chi connectivity index (χ3n) is 7.64. The van der Waals surface area contributed by atoms with Crippen molar-refractivity contribution in [2.24, 2.45) is 5.41 Å². The fourth-order valence-electron chi connectivity index (χ4n) is 4.87. The maximum atomic E-state index is 12.7. The van der Waals surface area contributed by atoms with Crippen molar-refractivity contribution >= 4 is 74.9 Å². The fourth-order valence-corrected chi connectivity index (χ4v) is 8.40. The number of carbonyl (C=O) groups is 4. The molecule has 29 heteroatoms. The van der Waals surface area contributed by atoms with E-state index in [1.54, 1.807) is 0 Å². The number of thioether (sulfide) groups is 1. The van der Waals surface area contributed by atoms with E-state index in [2.05, 4.69) is 34.4 Å². The normalized spacial score (nSPS) is 21.6. The molecule has 0 aromatic carbocycles. The van der Waals surface area contributed by atoms with Crippen LogP contribution in [0.15, 0.2) is 12.7 Å². The van der Waals surface area contributed by atoms with Gasteiger partial charge in [-0.3, -0.25) is 37.3 Å². The largest absolute Gasteiger partial charge is 0.481 e. The Bertz CT molecular complexity index is 1860. The summed E-state index contributed by atoms with van der Waals surface area (Å²) < 4.78 is 62.0. The molecule has 2 aromatic rings. The van der Waals surface area contributed by atoms with Gasteiger partial charge in [-0.1, -0.05) is 32.5 Å². The number of phosphoric acid groups is 3. The maximum Gasteiger partial charge on any atom is 0.481 e. The summed E-state index contributed by atoms with van der Waals surface area (Å²) in [6.07, 6.45) is -6.25. The lowest BCUT2D eigenvalue weighted by Crippen LogP contribution is -2.46. The molecule has 10 N–H and O–H groups in total. The van der Waals surface area contributed by atoms with E-state index in [1.165, 1.54) is 13.8 Å². The Morgan fingerprint density at radius 2 is 1.71 bits per heavy atom. The van der Waals surface area contributed by atoms with Crippen molar-refractivity contribution in [2.45, 2.75) is 77.1 Å². The van der Waals surface area contributed by atoms with Gasteiger partial charge in [-0.25, -0.2) is 28.6 Å². The number of rotatable bonds is 23. The van der Waals surface area contributed by atoms with Gasteiger partial charge in [0, 0.05) is 37.1 Å². The molecule has 0 spiro atoms. The zero-order valence-corrected chi connectivity index (χ0v) is 33.6. The van der Waals surface area contributed by atoms with E-state index in [-0.39, 0.29) is 59.6 Å². The van der Waals surface area contributed by atoms with Crippen LogP contribution >= 0.6 is 35.2 Å². The summed E-state index contributed by atoms with van der Waals surface area (Å²) in [6.45, 7) is 2.14. The molecule has 1 fully saturated rings. The highest BCUT2D eigenvalue weighted by atomic mass is 32.2. The van der Waals surface area contributed by atoms with Crippen LogP contribution in [-0.2, 0) is 55.5 Å². The van der Waals surface area contributed by atoms with Gasteiger partial charge >= 0.3 is 23.5 Å². The van der Waals surface area contributed by atoms with Gasteiger partial charge in [0.25, 0.3) is 0 Å². The number of aliphatic hydroxyl groups excluding tert-OH is 2. The molecule has 0 radical (unpaired) electrons. The maximum absolute atomic E-state index is 12.7. The minimum atomic E-state index is -5.58. The Morgan fingerprint density at radius 1 is 1.04 bits per heavy atom. The molecule has 0 aliphatic carbocycles. The van der Waals surface area contributed by atoms with Crippen molar-refractivity contribution in [1.82, 2.24) is 30.2 Å². The van der Waals surface area contributed by atoms with Crippen molar-refractivity contribution in [2.75, 3.05) is 37.8 Å². The molecular weight excluding hydrogens is 835 g/mol. The van der Waals surface area contributed by atoms with Gasteiger partial charge in [0.2, 0.25) is 11.8 Å². The smallest absolute Gasteiger partial charge is 0.386 e. The first-order chi connectivity index (χ1) is 25.9. The van der Waals surface area contributed by atoms with Crippen LogP contribution in [0.1, 0.15) is 52.7 Å². The number of phosphoric ester groups is 3. The molecule has 2 aromatic heterocycles. The SMILES string of the molecule is CCCC(=O)CC(=O)SCCNC(=O)CCNC(=O)C(O)C(C)(C)COP(=O)(O)OP(=O)(O)OC[C@@H]1O[C@H](n2cnc3c(N)ncnc32)[C@@H](O)[C@H]1OP(=O)(O)O. The number of fused-ring (bicyclic) bond motifs is 1. The average molecular weight is 880 g/mol. The van der Waals surface area contributed by atoms with Crippen LogP contribution in [0.4, 0.5) is 5.82 Å². The van der Waals surface area contributed by atoms with E-state index in [4.69, 9.17) is 19.5 Å². The van der Waals surface area contributed by atoms with Crippen molar-refractivity contribution in [3.8, 4) is 0 Å². The molecular formula is C27H44N7O18P3S. The number of carbonyl (C=O) groups excluding carboxylic acids is 4. The summed E-state index contributed by atoms with van der Waals surface area (Å²) in [5.74, 6) is -1.47. The Balaban J connectivity index is 1.48. The van der Waals surface area contributed by atoms with Crippen molar-refractivity contribution in [1.29, 1.82) is 0 Å². The monoisotopic (exact) mass is 879 g/mol. The molecule has 0 saturated carbocycles. The standard InChI is InChI=1S/C27H44N7O18P3S/c1-4-5-15(35)10-18(37)56-9-8-29-17(36)6-7-30-25(40)22(39)27(2,3)12-49-55(46,47)52-54(44,45)48-11-16-21(51-53(41,42)43)20(38)26(50-16)34-14-33-19-23(28)31-13-32-24(19)34/h13-14,16,20-22,26,38-39H,4-12H2,1-3H3,(H,29,36)(H,30,40)(H,44,45)(H,46,47)(H2,28,31,32)(H2,41,42,43)/t16-,20-,21-,22?,26-/m0/s1. The van der Waals surface area contributed by atoms with Crippen molar-refractivity contribution < 1.29 is 85.3 Å². The summed E-state index contributed by atoms with van der Waals surface area (Å²) in [7, 11) is -16.4. The third kappa shape index (κ3) is 14.6. The second-order valence-electron chi connectivity index (χ2n) is 12.8. The zero-order chi connectivity index (χ0) is 42.1.